The lowest BCUT2D eigenvalue weighted by molar-refractivity contribution is 0.0610. The Balaban J connectivity index is 1.60. The lowest BCUT2D eigenvalue weighted by Crippen LogP contribution is -2.46. The summed E-state index contributed by atoms with van der Waals surface area (Å²) in [5.74, 6) is -0.685. The number of thiazole rings is 1. The summed E-state index contributed by atoms with van der Waals surface area (Å²) in [6.07, 6.45) is 3.43. The van der Waals surface area contributed by atoms with Gasteiger partial charge in [0.25, 0.3) is 11.8 Å². The molecule has 1 fully saturated rings. The third-order valence-corrected chi connectivity index (χ3v) is 5.24. The van der Waals surface area contributed by atoms with Gasteiger partial charge in [-0.1, -0.05) is 18.3 Å². The minimum absolute atomic E-state index is 0.0848. The van der Waals surface area contributed by atoms with Crippen LogP contribution in [0.2, 0.25) is 0 Å². The number of nitrogens with two attached hydrogens (primary N) is 1. The van der Waals surface area contributed by atoms with Crippen LogP contribution >= 0.6 is 11.3 Å². The van der Waals surface area contributed by atoms with E-state index < -0.39 is 11.7 Å². The summed E-state index contributed by atoms with van der Waals surface area (Å²) < 4.78 is 4.56. The van der Waals surface area contributed by atoms with Crippen molar-refractivity contribution in [3.8, 4) is 0 Å². The highest BCUT2D eigenvalue weighted by molar-refractivity contribution is 7.17. The summed E-state index contributed by atoms with van der Waals surface area (Å²) in [4.78, 5) is 44.0. The molecule has 1 aliphatic rings. The van der Waals surface area contributed by atoms with E-state index in [9.17, 15) is 14.4 Å². The summed E-state index contributed by atoms with van der Waals surface area (Å²) in [6, 6.07) is 0. The first kappa shape index (κ1) is 17.2. The van der Waals surface area contributed by atoms with Crippen molar-refractivity contribution >= 4 is 28.3 Å². The molecular weight excluding hydrogens is 346 g/mol. The van der Waals surface area contributed by atoms with Crippen molar-refractivity contribution in [1.82, 2.24) is 20.2 Å². The van der Waals surface area contributed by atoms with Crippen LogP contribution in [0.5, 0.6) is 0 Å². The predicted octanol–water partition coefficient (Wildman–Crippen LogP) is 0.535. The Bertz CT molecular complexity index is 826. The van der Waals surface area contributed by atoms with Gasteiger partial charge in [-0.25, -0.2) is 9.78 Å². The maximum absolute atomic E-state index is 12.5. The molecule has 0 saturated carbocycles. The second kappa shape index (κ2) is 7.09. The molecule has 2 aromatic rings. The maximum atomic E-state index is 12.5. The number of carbonyl (C=O) groups excluding carboxylic acids is 2. The normalized spacial score (nSPS) is 20.4. The molecule has 2 amide bonds. The van der Waals surface area contributed by atoms with E-state index in [1.54, 1.807) is 4.90 Å². The fourth-order valence-electron chi connectivity index (χ4n) is 2.85. The second-order valence-corrected chi connectivity index (χ2v) is 7.17. The van der Waals surface area contributed by atoms with E-state index in [2.05, 4.69) is 26.6 Å². The summed E-state index contributed by atoms with van der Waals surface area (Å²) in [5.41, 5.74) is 5.67. The van der Waals surface area contributed by atoms with Crippen molar-refractivity contribution < 1.29 is 14.0 Å². The molecule has 10 heteroatoms. The molecule has 1 aliphatic heterocycles. The molecule has 2 aromatic heterocycles. The van der Waals surface area contributed by atoms with Crippen molar-refractivity contribution in [3.63, 3.8) is 0 Å². The van der Waals surface area contributed by atoms with Gasteiger partial charge in [0.1, 0.15) is 16.8 Å². The number of amides is 2. The molecule has 0 radical (unpaired) electrons. The van der Waals surface area contributed by atoms with E-state index in [0.29, 0.717) is 35.6 Å². The number of nitrogens with one attached hydrogen (secondary N) is 2. The Labute approximate surface area is 147 Å². The van der Waals surface area contributed by atoms with Crippen LogP contribution in [0, 0.1) is 11.8 Å². The fourth-order valence-corrected chi connectivity index (χ4v) is 3.51. The van der Waals surface area contributed by atoms with Gasteiger partial charge in [-0.05, 0) is 18.3 Å². The molecule has 0 bridgehead atoms. The molecule has 3 heterocycles. The number of hydrogen-bond donors (Lipinski definition) is 3. The highest BCUT2D eigenvalue weighted by atomic mass is 32.1. The Morgan fingerprint density at radius 2 is 2.36 bits per heavy atom. The van der Waals surface area contributed by atoms with Crippen LogP contribution in [0.25, 0.3) is 0 Å². The Morgan fingerprint density at radius 3 is 3.00 bits per heavy atom. The van der Waals surface area contributed by atoms with E-state index >= 15 is 0 Å². The number of aromatic amines is 1. The van der Waals surface area contributed by atoms with Crippen molar-refractivity contribution in [2.45, 2.75) is 13.3 Å². The van der Waals surface area contributed by atoms with Crippen LogP contribution in [-0.2, 0) is 0 Å². The van der Waals surface area contributed by atoms with Crippen LogP contribution < -0.4 is 16.8 Å². The van der Waals surface area contributed by atoms with Gasteiger partial charge in [0.15, 0.2) is 5.13 Å². The van der Waals surface area contributed by atoms with E-state index in [1.807, 2.05) is 0 Å². The van der Waals surface area contributed by atoms with Gasteiger partial charge in [0.2, 0.25) is 0 Å². The zero-order valence-electron chi connectivity index (χ0n) is 13.7. The molecule has 2 atom stereocenters. The summed E-state index contributed by atoms with van der Waals surface area (Å²) in [6.45, 7) is 3.71. The van der Waals surface area contributed by atoms with Crippen LogP contribution in [-0.4, -0.2) is 46.3 Å². The average molecular weight is 365 g/mol. The first-order valence-corrected chi connectivity index (χ1v) is 8.72. The molecule has 25 heavy (non-hydrogen) atoms. The molecule has 0 aliphatic carbocycles. The monoisotopic (exact) mass is 365 g/mol. The first-order valence-electron chi connectivity index (χ1n) is 7.90. The third kappa shape index (κ3) is 3.90. The van der Waals surface area contributed by atoms with E-state index in [1.165, 1.54) is 17.5 Å². The number of rotatable bonds is 4. The Morgan fingerprint density at radius 1 is 1.56 bits per heavy atom. The first-order chi connectivity index (χ1) is 11.9. The topological polar surface area (TPSA) is 134 Å². The molecule has 3 rings (SSSR count). The summed E-state index contributed by atoms with van der Waals surface area (Å²) in [5, 5.41) is 3.15. The van der Waals surface area contributed by atoms with E-state index in [0.717, 1.165) is 12.7 Å². The van der Waals surface area contributed by atoms with Crippen molar-refractivity contribution in [2.24, 2.45) is 11.8 Å². The number of hydrogen-bond acceptors (Lipinski definition) is 7. The lowest BCUT2D eigenvalue weighted by Gasteiger charge is -2.37. The van der Waals surface area contributed by atoms with Gasteiger partial charge in [-0.3, -0.25) is 14.6 Å². The number of H-pyrrole nitrogens is 1. The number of nitrogens with zero attached hydrogens (tertiary/aromatic N) is 2. The van der Waals surface area contributed by atoms with Crippen molar-refractivity contribution in [2.75, 3.05) is 25.4 Å². The third-order valence-electron chi connectivity index (χ3n) is 4.43. The maximum Gasteiger partial charge on any atom is 0.416 e. The smallest absolute Gasteiger partial charge is 0.416 e. The van der Waals surface area contributed by atoms with Gasteiger partial charge in [0.05, 0.1) is 6.20 Å². The molecule has 0 spiro atoms. The highest BCUT2D eigenvalue weighted by Crippen LogP contribution is 2.25. The number of oxazole rings is 1. The zero-order chi connectivity index (χ0) is 18.0. The second-order valence-electron chi connectivity index (χ2n) is 6.11. The molecule has 0 aromatic carbocycles. The van der Waals surface area contributed by atoms with Gasteiger partial charge in [-0.15, -0.1) is 0 Å². The molecule has 4 N–H and O–H groups in total. The quantitative estimate of drug-likeness (QED) is 0.724. The molecular formula is C15H19N5O4S. The number of carbonyl (C=O) groups is 2. The van der Waals surface area contributed by atoms with Crippen LogP contribution in [0.1, 0.15) is 33.5 Å². The Kier molecular flexibility index (Phi) is 4.88. The lowest BCUT2D eigenvalue weighted by atomic mass is 9.87. The zero-order valence-corrected chi connectivity index (χ0v) is 14.5. The number of nitrogen functional groups attached to an aromatic ring is 1. The highest BCUT2D eigenvalue weighted by Gasteiger charge is 2.30. The van der Waals surface area contributed by atoms with E-state index in [4.69, 9.17) is 5.73 Å². The largest absolute Gasteiger partial charge is 0.416 e. The van der Waals surface area contributed by atoms with Gasteiger partial charge < -0.3 is 20.4 Å². The minimum atomic E-state index is -0.670. The summed E-state index contributed by atoms with van der Waals surface area (Å²) >= 11 is 1.17. The van der Waals surface area contributed by atoms with Crippen LogP contribution in [0.3, 0.4) is 0 Å². The molecule has 1 saturated heterocycles. The summed E-state index contributed by atoms with van der Waals surface area (Å²) in [7, 11) is 0. The molecule has 9 nitrogen and oxygen atoms in total. The van der Waals surface area contributed by atoms with Crippen LogP contribution in [0.4, 0.5) is 5.13 Å². The predicted molar refractivity (Wildman–Crippen MR) is 91.4 cm³/mol. The average Bonchev–Trinajstić information content (AvgIpc) is 3.21. The number of aromatic nitrogens is 2. The van der Waals surface area contributed by atoms with Gasteiger partial charge >= 0.3 is 5.76 Å². The van der Waals surface area contributed by atoms with Crippen molar-refractivity contribution in [1.29, 1.82) is 0 Å². The standard InChI is InChI=1S/C15H19N5O4S/c1-8-2-3-20(13(22)11-5-18-14(16)25-11)6-9(8)4-17-12(21)10-7-24-15(23)19-10/h5,7-9H,2-4,6H2,1H3,(H2,16,18)(H,17,21)(H,19,23). The van der Waals surface area contributed by atoms with Crippen molar-refractivity contribution in [3.05, 3.63) is 33.6 Å². The van der Waals surface area contributed by atoms with Gasteiger partial charge in [-0.2, -0.15) is 0 Å². The Hall–Kier alpha value is -2.62. The number of anilines is 1. The number of likely N-dealkylation sites (tertiary alicyclic amines) is 1. The van der Waals surface area contributed by atoms with Crippen LogP contribution in [0.15, 0.2) is 21.7 Å². The number of piperidine rings is 1. The van der Waals surface area contributed by atoms with Gasteiger partial charge in [0, 0.05) is 19.6 Å². The molecule has 2 unspecified atom stereocenters. The fraction of sp³-hybridized carbons (Fsp3) is 0.467. The van der Waals surface area contributed by atoms with E-state index in [-0.39, 0.29) is 17.5 Å². The minimum Gasteiger partial charge on any atom is -0.416 e. The molecule has 134 valence electrons. The SMILES string of the molecule is CC1CCN(C(=O)c2cnc(N)s2)CC1CNC(=O)c1coc(=O)[nH]1.